The van der Waals surface area contributed by atoms with E-state index in [0.29, 0.717) is 0 Å². The van der Waals surface area contributed by atoms with E-state index in [2.05, 4.69) is 292 Å². The normalized spacial score (nSPS) is 12.7. The molecule has 3 aromatic heterocycles. The zero-order valence-corrected chi connectivity index (χ0v) is 43.7. The van der Waals surface area contributed by atoms with Crippen LogP contribution in [0.2, 0.25) is 0 Å². The molecule has 0 unspecified atom stereocenters. The molecule has 0 saturated heterocycles. The van der Waals surface area contributed by atoms with Crippen LogP contribution in [-0.2, 0) is 0 Å². The number of anilines is 6. The summed E-state index contributed by atoms with van der Waals surface area (Å²) in [6.07, 6.45) is 0. The Morgan fingerprint density at radius 3 is 0.897 bits per heavy atom. The van der Waals surface area contributed by atoms with Gasteiger partial charge in [0, 0.05) is 52.3 Å². The average molecular weight is 1030 g/mol. The van der Waals surface area contributed by atoms with E-state index in [9.17, 15) is 0 Å². The van der Waals surface area contributed by atoms with Crippen LogP contribution in [0.25, 0.3) is 88.4 Å². The fourth-order valence-corrected chi connectivity index (χ4v) is 14.4. The number of hydrogen-bond acceptors (Lipinski definition) is 5. The Bertz CT molecular complexity index is 4230. The van der Waals surface area contributed by atoms with Crippen LogP contribution in [0.3, 0.4) is 0 Å². The molecule has 0 radical (unpaired) electrons. The molecular formula is C71H45N5S2. The molecule has 14 aromatic rings. The second-order valence-corrected chi connectivity index (χ2v) is 21.9. The first-order valence-corrected chi connectivity index (χ1v) is 28.0. The Balaban J connectivity index is 1.24. The van der Waals surface area contributed by atoms with Crippen molar-refractivity contribution in [1.82, 2.24) is 14.1 Å². The van der Waals surface area contributed by atoms with Crippen molar-refractivity contribution in [2.24, 2.45) is 0 Å². The minimum absolute atomic E-state index is 0.797. The molecule has 2 aliphatic heterocycles. The van der Waals surface area contributed by atoms with Gasteiger partial charge in [0.2, 0.25) is 0 Å². The standard InChI is InChI=1S/C71H45N5S2/c1-3-24-46(25-4-1)48-32-23-33-49(47-26-5-2-6-27-47)66(48)67-68(73-54-34-11-7-28-50(54)51-29-8-12-35-55(51)73)70(75-58-38-15-19-42-62(58)77-63-43-20-16-39-59(63)75)72-71(76-60-40-17-21-44-64(60)78-65-45-22-18-41-61(65)76)69(67)74-56-36-13-9-30-52(56)53-31-10-14-37-57(53)74/h1-45H. The van der Waals surface area contributed by atoms with E-state index in [4.69, 9.17) is 4.98 Å². The van der Waals surface area contributed by atoms with Crippen LogP contribution in [0.15, 0.2) is 293 Å². The smallest absolute Gasteiger partial charge is 0.165 e. The van der Waals surface area contributed by atoms with Gasteiger partial charge < -0.3 is 9.13 Å². The summed E-state index contributed by atoms with van der Waals surface area (Å²) in [5, 5.41) is 4.66. The number of pyridine rings is 1. The summed E-state index contributed by atoms with van der Waals surface area (Å²) in [7, 11) is 0. The summed E-state index contributed by atoms with van der Waals surface area (Å²) >= 11 is 3.63. The largest absolute Gasteiger partial charge is 0.305 e. The maximum Gasteiger partial charge on any atom is 0.165 e. The Labute approximate surface area is 459 Å². The molecule has 2 aliphatic rings. The van der Waals surface area contributed by atoms with Crippen molar-refractivity contribution < 1.29 is 0 Å². The zero-order valence-electron chi connectivity index (χ0n) is 42.0. The second-order valence-electron chi connectivity index (χ2n) is 19.8. The van der Waals surface area contributed by atoms with Crippen LogP contribution in [0, 0.1) is 0 Å². The molecule has 0 saturated carbocycles. The van der Waals surface area contributed by atoms with Crippen molar-refractivity contribution in [3.8, 4) is 44.8 Å². The average Bonchev–Trinajstić information content (AvgIpc) is 4.07. The summed E-state index contributed by atoms with van der Waals surface area (Å²) in [5.74, 6) is 1.59. The third kappa shape index (κ3) is 6.81. The maximum absolute atomic E-state index is 6.54. The Morgan fingerprint density at radius 2 is 0.551 bits per heavy atom. The van der Waals surface area contributed by atoms with Gasteiger partial charge in [0.05, 0.1) is 44.8 Å². The maximum atomic E-state index is 6.54. The van der Waals surface area contributed by atoms with Crippen LogP contribution in [0.4, 0.5) is 34.4 Å². The predicted octanol–water partition coefficient (Wildman–Crippen LogP) is 20.1. The van der Waals surface area contributed by atoms with Crippen molar-refractivity contribution in [3.05, 3.63) is 273 Å². The number of fused-ring (bicyclic) bond motifs is 10. The number of hydrogen-bond donors (Lipinski definition) is 0. The van der Waals surface area contributed by atoms with E-state index >= 15 is 0 Å². The predicted molar refractivity (Wildman–Crippen MR) is 327 cm³/mol. The summed E-state index contributed by atoms with van der Waals surface area (Å²) < 4.78 is 5.09. The summed E-state index contributed by atoms with van der Waals surface area (Å²) in [4.78, 5) is 16.1. The Kier molecular flexibility index (Phi) is 10.4. The van der Waals surface area contributed by atoms with Gasteiger partial charge in [-0.25, -0.2) is 4.98 Å². The van der Waals surface area contributed by atoms with Gasteiger partial charge in [-0.15, -0.1) is 0 Å². The molecule has 5 heterocycles. The van der Waals surface area contributed by atoms with Crippen molar-refractivity contribution in [2.75, 3.05) is 9.80 Å². The third-order valence-electron chi connectivity index (χ3n) is 15.5. The molecule has 11 aromatic carbocycles. The van der Waals surface area contributed by atoms with E-state index in [1.165, 1.54) is 0 Å². The highest BCUT2D eigenvalue weighted by atomic mass is 32.2. The van der Waals surface area contributed by atoms with Gasteiger partial charge in [-0.1, -0.05) is 224 Å². The molecule has 16 rings (SSSR count). The molecule has 0 amide bonds. The monoisotopic (exact) mass is 1030 g/mol. The highest BCUT2D eigenvalue weighted by Crippen LogP contribution is 2.60. The van der Waals surface area contributed by atoms with Crippen molar-refractivity contribution in [3.63, 3.8) is 0 Å². The molecule has 0 fully saturated rings. The number of aromatic nitrogens is 3. The second kappa shape index (κ2) is 18.1. The van der Waals surface area contributed by atoms with Gasteiger partial charge >= 0.3 is 0 Å². The lowest BCUT2D eigenvalue weighted by Gasteiger charge is -2.38. The van der Waals surface area contributed by atoms with Crippen LogP contribution >= 0.6 is 23.5 Å². The van der Waals surface area contributed by atoms with Crippen LogP contribution in [-0.4, -0.2) is 14.1 Å². The van der Waals surface area contributed by atoms with E-state index in [-0.39, 0.29) is 0 Å². The molecule has 0 spiro atoms. The van der Waals surface area contributed by atoms with Crippen molar-refractivity contribution in [1.29, 1.82) is 0 Å². The minimum atomic E-state index is 0.797. The lowest BCUT2D eigenvalue weighted by atomic mass is 9.85. The fourth-order valence-electron chi connectivity index (χ4n) is 12.2. The first-order valence-electron chi connectivity index (χ1n) is 26.4. The summed E-state index contributed by atoms with van der Waals surface area (Å²) in [6.45, 7) is 0. The van der Waals surface area contributed by atoms with E-state index < -0.39 is 0 Å². The van der Waals surface area contributed by atoms with Gasteiger partial charge in [0.15, 0.2) is 11.6 Å². The van der Waals surface area contributed by atoms with Crippen LogP contribution in [0.5, 0.6) is 0 Å². The quantitative estimate of drug-likeness (QED) is 0.159. The summed E-state index contributed by atoms with van der Waals surface area (Å²) in [6, 6.07) is 99.9. The van der Waals surface area contributed by atoms with Crippen molar-refractivity contribution in [2.45, 2.75) is 19.6 Å². The van der Waals surface area contributed by atoms with Crippen LogP contribution in [0.1, 0.15) is 0 Å². The zero-order chi connectivity index (χ0) is 51.3. The highest BCUT2D eigenvalue weighted by molar-refractivity contribution is 8.00. The highest BCUT2D eigenvalue weighted by Gasteiger charge is 2.39. The topological polar surface area (TPSA) is 29.2 Å². The first-order chi connectivity index (χ1) is 38.8. The van der Waals surface area contributed by atoms with Gasteiger partial charge in [-0.2, -0.15) is 0 Å². The molecule has 0 bridgehead atoms. The number of benzene rings is 11. The Hall–Kier alpha value is -9.53. The molecule has 5 nitrogen and oxygen atoms in total. The fraction of sp³-hybridized carbons (Fsp3) is 0. The van der Waals surface area contributed by atoms with Gasteiger partial charge in [0.1, 0.15) is 11.4 Å². The Morgan fingerprint density at radius 1 is 0.256 bits per heavy atom. The lowest BCUT2D eigenvalue weighted by molar-refractivity contribution is 1.02. The molecule has 7 heteroatoms. The number of nitrogens with zero attached hydrogens (tertiary/aromatic N) is 5. The molecule has 0 aliphatic carbocycles. The molecule has 0 N–H and O–H groups in total. The number of rotatable bonds is 7. The lowest BCUT2D eigenvalue weighted by Crippen LogP contribution is -2.24. The molecule has 366 valence electrons. The summed E-state index contributed by atoms with van der Waals surface area (Å²) in [5.41, 5.74) is 17.1. The van der Waals surface area contributed by atoms with E-state index in [1.54, 1.807) is 0 Å². The van der Waals surface area contributed by atoms with Gasteiger partial charge in [0.25, 0.3) is 0 Å². The first kappa shape index (κ1) is 44.7. The number of para-hydroxylation sites is 8. The van der Waals surface area contributed by atoms with Crippen LogP contribution < -0.4 is 9.80 Å². The van der Waals surface area contributed by atoms with Gasteiger partial charge in [-0.05, 0) is 95.1 Å². The molecule has 78 heavy (non-hydrogen) atoms. The molecule has 0 atom stereocenters. The van der Waals surface area contributed by atoms with E-state index in [1.807, 2.05) is 23.5 Å². The van der Waals surface area contributed by atoms with E-state index in [0.717, 1.165) is 142 Å². The minimum Gasteiger partial charge on any atom is -0.305 e. The SMILES string of the molecule is c1ccc(-c2cccc(-c3ccccc3)c2-c2c(-n3c4ccccc4c4ccccc43)c(N3c4ccccc4Sc4ccccc43)nc(N3c4ccccc4Sc4ccccc43)c2-n2c3ccccc3c3ccccc32)cc1. The third-order valence-corrected chi connectivity index (χ3v) is 17.7. The van der Waals surface area contributed by atoms with Crippen molar-refractivity contribution >= 4 is 102 Å². The molecular weight excluding hydrogens is 987 g/mol. The van der Waals surface area contributed by atoms with Gasteiger partial charge in [-0.3, -0.25) is 9.80 Å².